The van der Waals surface area contributed by atoms with Crippen molar-refractivity contribution in [2.75, 3.05) is 0 Å². The molecule has 2 aliphatic heterocycles. The molecule has 2 heterocycles. The van der Waals surface area contributed by atoms with Gasteiger partial charge < -0.3 is 9.05 Å². The molecule has 4 nitrogen and oxygen atoms in total. The van der Waals surface area contributed by atoms with Crippen LogP contribution in [0, 0.1) is 0 Å². The standard InChI is InChI=1S/C12H17O4P/c1-7(2)11-9-5-6-10(12(11)8(3)4)16-17(13,14)15-9/h5-8H,1-4H3,(H,13,14). The minimum absolute atomic E-state index is 0.212. The third kappa shape index (κ3) is 2.20. The number of phosphoric ester groups is 1. The summed E-state index contributed by atoms with van der Waals surface area (Å²) >= 11 is 0. The topological polar surface area (TPSA) is 55.8 Å². The Morgan fingerprint density at radius 2 is 1.35 bits per heavy atom. The molecule has 0 fully saturated rings. The molecule has 0 amide bonds. The Morgan fingerprint density at radius 3 is 1.65 bits per heavy atom. The first-order valence-corrected chi connectivity index (χ1v) is 7.20. The van der Waals surface area contributed by atoms with E-state index in [1.54, 1.807) is 12.1 Å². The fourth-order valence-corrected chi connectivity index (χ4v) is 3.07. The van der Waals surface area contributed by atoms with Gasteiger partial charge in [0.05, 0.1) is 0 Å². The van der Waals surface area contributed by atoms with Gasteiger partial charge in [-0.05, 0) is 24.0 Å². The van der Waals surface area contributed by atoms with Crippen LogP contribution in [0.2, 0.25) is 0 Å². The van der Waals surface area contributed by atoms with E-state index >= 15 is 0 Å². The molecule has 3 rings (SSSR count). The van der Waals surface area contributed by atoms with Crippen LogP contribution in [0.4, 0.5) is 0 Å². The Kier molecular flexibility index (Phi) is 2.96. The van der Waals surface area contributed by atoms with E-state index in [9.17, 15) is 9.46 Å². The van der Waals surface area contributed by atoms with Gasteiger partial charge >= 0.3 is 7.82 Å². The lowest BCUT2D eigenvalue weighted by atomic mass is 9.89. The Hall–Kier alpha value is -0.990. The van der Waals surface area contributed by atoms with Crippen LogP contribution in [0.1, 0.15) is 50.7 Å². The second kappa shape index (κ2) is 4.04. The van der Waals surface area contributed by atoms with Crippen LogP contribution in [0.5, 0.6) is 11.5 Å². The minimum atomic E-state index is -4.01. The maximum Gasteiger partial charge on any atom is 0.584 e. The Bertz CT molecular complexity index is 453. The van der Waals surface area contributed by atoms with Crippen LogP contribution >= 0.6 is 7.82 Å². The molecule has 0 aliphatic carbocycles. The van der Waals surface area contributed by atoms with E-state index < -0.39 is 7.82 Å². The third-order valence-electron chi connectivity index (χ3n) is 2.79. The van der Waals surface area contributed by atoms with Crippen molar-refractivity contribution in [1.82, 2.24) is 0 Å². The van der Waals surface area contributed by atoms with Gasteiger partial charge in [0.15, 0.2) is 0 Å². The maximum atomic E-state index is 11.7. The summed E-state index contributed by atoms with van der Waals surface area (Å²) in [5, 5.41) is 0. The molecule has 1 aromatic carbocycles. The van der Waals surface area contributed by atoms with Gasteiger partial charge in [-0.2, -0.15) is 0 Å². The molecule has 0 saturated heterocycles. The van der Waals surface area contributed by atoms with Gasteiger partial charge in [-0.1, -0.05) is 27.7 Å². The molecule has 0 unspecified atom stereocenters. The summed E-state index contributed by atoms with van der Waals surface area (Å²) in [6.07, 6.45) is 0. The number of phosphoric acid groups is 1. The average molecular weight is 256 g/mol. The summed E-state index contributed by atoms with van der Waals surface area (Å²) in [5.41, 5.74) is 1.92. The summed E-state index contributed by atoms with van der Waals surface area (Å²) in [5.74, 6) is 1.33. The van der Waals surface area contributed by atoms with Crippen molar-refractivity contribution < 1.29 is 18.5 Å². The SMILES string of the molecule is CC(C)c1c2ccc(c1C(C)C)OP(=O)(O)O2. The van der Waals surface area contributed by atoms with E-state index in [0.717, 1.165) is 11.1 Å². The van der Waals surface area contributed by atoms with Crippen molar-refractivity contribution in [3.63, 3.8) is 0 Å². The van der Waals surface area contributed by atoms with Crippen LogP contribution in [0.3, 0.4) is 0 Å². The Morgan fingerprint density at radius 1 is 1.00 bits per heavy atom. The first-order chi connectivity index (χ1) is 7.82. The van der Waals surface area contributed by atoms with Crippen LogP contribution in [0.25, 0.3) is 0 Å². The fourth-order valence-electron chi connectivity index (χ4n) is 2.21. The number of benzene rings is 1. The molecular weight excluding hydrogens is 239 g/mol. The van der Waals surface area contributed by atoms with Gasteiger partial charge in [0, 0.05) is 11.1 Å². The number of hydrogen-bond acceptors (Lipinski definition) is 3. The van der Waals surface area contributed by atoms with E-state index in [2.05, 4.69) is 0 Å². The van der Waals surface area contributed by atoms with E-state index in [4.69, 9.17) is 9.05 Å². The second-order valence-corrected chi connectivity index (χ2v) is 6.15. The summed E-state index contributed by atoms with van der Waals surface area (Å²) < 4.78 is 21.8. The van der Waals surface area contributed by atoms with Crippen LogP contribution in [-0.2, 0) is 4.57 Å². The highest BCUT2D eigenvalue weighted by molar-refractivity contribution is 7.48. The zero-order chi connectivity index (χ0) is 12.8. The summed E-state index contributed by atoms with van der Waals surface area (Å²) in [7, 11) is -4.01. The van der Waals surface area contributed by atoms with Crippen molar-refractivity contribution in [3.8, 4) is 11.5 Å². The summed E-state index contributed by atoms with van der Waals surface area (Å²) in [6.45, 7) is 8.13. The first kappa shape index (κ1) is 12.5. The van der Waals surface area contributed by atoms with E-state index in [1.165, 1.54) is 0 Å². The van der Waals surface area contributed by atoms with E-state index in [0.29, 0.717) is 11.5 Å². The number of fused-ring (bicyclic) bond motifs is 4. The van der Waals surface area contributed by atoms with E-state index in [-0.39, 0.29) is 11.8 Å². The highest BCUT2D eigenvalue weighted by Gasteiger charge is 2.34. The van der Waals surface area contributed by atoms with Gasteiger partial charge in [0.1, 0.15) is 11.5 Å². The molecular formula is C12H17O4P. The number of hydrogen-bond donors (Lipinski definition) is 1. The molecule has 5 heteroatoms. The first-order valence-electron chi connectivity index (χ1n) is 5.70. The third-order valence-corrected chi connectivity index (χ3v) is 3.64. The fraction of sp³-hybridized carbons (Fsp3) is 0.500. The quantitative estimate of drug-likeness (QED) is 0.817. The van der Waals surface area contributed by atoms with Crippen molar-refractivity contribution >= 4 is 7.82 Å². The van der Waals surface area contributed by atoms with E-state index in [1.807, 2.05) is 27.7 Å². The van der Waals surface area contributed by atoms with Crippen molar-refractivity contribution in [3.05, 3.63) is 23.3 Å². The zero-order valence-electron chi connectivity index (χ0n) is 10.4. The molecule has 0 atom stereocenters. The van der Waals surface area contributed by atoms with Gasteiger partial charge in [-0.15, -0.1) is 0 Å². The average Bonchev–Trinajstić information content (AvgIpc) is 2.38. The molecule has 0 saturated carbocycles. The van der Waals surface area contributed by atoms with Crippen LogP contribution < -0.4 is 9.05 Å². The lowest BCUT2D eigenvalue weighted by Gasteiger charge is -2.17. The van der Waals surface area contributed by atoms with Gasteiger partial charge in [0.2, 0.25) is 0 Å². The highest BCUT2D eigenvalue weighted by atomic mass is 31.2. The molecule has 0 aromatic heterocycles. The van der Waals surface area contributed by atoms with Gasteiger partial charge in [-0.3, -0.25) is 4.89 Å². The molecule has 94 valence electrons. The molecule has 1 aromatic rings. The predicted molar refractivity (Wildman–Crippen MR) is 65.7 cm³/mol. The van der Waals surface area contributed by atoms with Crippen molar-refractivity contribution in [1.29, 1.82) is 0 Å². The highest BCUT2D eigenvalue weighted by Crippen LogP contribution is 2.54. The lowest BCUT2D eigenvalue weighted by Crippen LogP contribution is -2.00. The summed E-state index contributed by atoms with van der Waals surface area (Å²) in [4.78, 5) is 9.54. The van der Waals surface area contributed by atoms with Crippen molar-refractivity contribution in [2.24, 2.45) is 0 Å². The molecule has 2 bridgehead atoms. The minimum Gasteiger partial charge on any atom is -0.395 e. The Balaban J connectivity index is 2.71. The van der Waals surface area contributed by atoms with Gasteiger partial charge in [0.25, 0.3) is 0 Å². The Labute approximate surface area is 101 Å². The van der Waals surface area contributed by atoms with Crippen molar-refractivity contribution in [2.45, 2.75) is 39.5 Å². The lowest BCUT2D eigenvalue weighted by molar-refractivity contribution is 0.295. The van der Waals surface area contributed by atoms with Crippen LogP contribution in [0.15, 0.2) is 12.1 Å². The molecule has 0 radical (unpaired) electrons. The normalized spacial score (nSPS) is 16.9. The summed E-state index contributed by atoms with van der Waals surface area (Å²) in [6, 6.07) is 3.40. The number of rotatable bonds is 2. The monoisotopic (exact) mass is 256 g/mol. The largest absolute Gasteiger partial charge is 0.584 e. The predicted octanol–water partition coefficient (Wildman–Crippen LogP) is 3.81. The molecule has 1 N–H and O–H groups in total. The zero-order valence-corrected chi connectivity index (χ0v) is 11.3. The van der Waals surface area contributed by atoms with Gasteiger partial charge in [-0.25, -0.2) is 4.57 Å². The maximum absolute atomic E-state index is 11.7. The smallest absolute Gasteiger partial charge is 0.395 e. The van der Waals surface area contributed by atoms with Crippen LogP contribution in [-0.4, -0.2) is 4.89 Å². The molecule has 2 aliphatic rings. The molecule has 0 spiro atoms. The molecule has 17 heavy (non-hydrogen) atoms. The second-order valence-electron chi connectivity index (χ2n) is 4.85.